The van der Waals surface area contributed by atoms with Gasteiger partial charge in [-0.05, 0) is 30.9 Å². The molecule has 0 heterocycles. The third-order valence-electron chi connectivity index (χ3n) is 4.64. The first-order valence-corrected chi connectivity index (χ1v) is 15.2. The molecular formula is C22H25Cl2Zr-. The average Bonchev–Trinajstić information content (AvgIpc) is 3.03. The molecular weight excluding hydrogens is 426 g/mol. The zero-order valence-corrected chi connectivity index (χ0v) is 19.2. The molecule has 3 rings (SSSR count). The zero-order valence-electron chi connectivity index (χ0n) is 15.2. The van der Waals surface area contributed by atoms with Crippen LogP contribution in [0.4, 0.5) is 0 Å². The van der Waals surface area contributed by atoms with Crippen LogP contribution in [0.2, 0.25) is 0 Å². The van der Waals surface area contributed by atoms with E-state index in [0.717, 1.165) is 6.42 Å². The van der Waals surface area contributed by atoms with Gasteiger partial charge in [-0.2, -0.15) is 6.07 Å². The van der Waals surface area contributed by atoms with Crippen LogP contribution in [0.25, 0.3) is 21.9 Å². The second-order valence-electron chi connectivity index (χ2n) is 6.31. The first-order valence-electron chi connectivity index (χ1n) is 8.89. The monoisotopic (exact) mass is 449 g/mol. The Bertz CT molecular complexity index is 805. The third-order valence-corrected chi connectivity index (χ3v) is 4.64. The van der Waals surface area contributed by atoms with E-state index < -0.39 is 20.8 Å². The number of hydrogen-bond acceptors (Lipinski definition) is 0. The van der Waals surface area contributed by atoms with Crippen LogP contribution in [0.15, 0.2) is 48.5 Å². The molecule has 0 aliphatic heterocycles. The van der Waals surface area contributed by atoms with Gasteiger partial charge in [0, 0.05) is 0 Å². The fraction of sp³-hybridized carbons (Fsp3) is 0.318. The predicted molar refractivity (Wildman–Crippen MR) is 109 cm³/mol. The molecule has 25 heavy (non-hydrogen) atoms. The van der Waals surface area contributed by atoms with E-state index in [9.17, 15) is 0 Å². The van der Waals surface area contributed by atoms with E-state index in [1.165, 1.54) is 57.9 Å². The molecule has 0 aromatic heterocycles. The molecule has 0 saturated carbocycles. The van der Waals surface area contributed by atoms with Crippen LogP contribution < -0.4 is 0 Å². The van der Waals surface area contributed by atoms with Gasteiger partial charge in [0.1, 0.15) is 0 Å². The molecule has 132 valence electrons. The molecule has 3 heteroatoms. The number of benzene rings is 2. The molecule has 3 aromatic rings. The van der Waals surface area contributed by atoms with Crippen molar-refractivity contribution in [3.05, 3.63) is 65.2 Å². The van der Waals surface area contributed by atoms with Crippen LogP contribution in [0.3, 0.4) is 0 Å². The van der Waals surface area contributed by atoms with Gasteiger partial charge in [0.15, 0.2) is 0 Å². The van der Waals surface area contributed by atoms with E-state index in [0.29, 0.717) is 0 Å². The van der Waals surface area contributed by atoms with Crippen LogP contribution >= 0.6 is 17.0 Å². The fourth-order valence-electron chi connectivity index (χ4n) is 3.41. The summed E-state index contributed by atoms with van der Waals surface area (Å²) in [6, 6.07) is 18.2. The Balaban J connectivity index is 0.000000701. The summed E-state index contributed by atoms with van der Waals surface area (Å²) in [6.07, 6.45) is 4.80. The van der Waals surface area contributed by atoms with Crippen molar-refractivity contribution in [2.45, 2.75) is 46.5 Å². The van der Waals surface area contributed by atoms with Crippen LogP contribution in [-0.2, 0) is 33.7 Å². The van der Waals surface area contributed by atoms with Gasteiger partial charge in [-0.3, -0.25) is 0 Å². The van der Waals surface area contributed by atoms with Gasteiger partial charge in [0.05, 0.1) is 0 Å². The number of aryl methyl sites for hydroxylation is 3. The van der Waals surface area contributed by atoms with Gasteiger partial charge in [0.25, 0.3) is 0 Å². The van der Waals surface area contributed by atoms with Crippen molar-refractivity contribution in [3.8, 4) is 11.1 Å². The van der Waals surface area contributed by atoms with Crippen molar-refractivity contribution in [3.63, 3.8) is 0 Å². The van der Waals surface area contributed by atoms with Gasteiger partial charge in [-0.1, -0.05) is 62.1 Å². The Hall–Kier alpha value is -0.487. The topological polar surface area (TPSA) is 0 Å². The maximum atomic E-state index is 4.93. The molecule has 0 unspecified atom stereocenters. The van der Waals surface area contributed by atoms with E-state index in [1.54, 1.807) is 0 Å². The summed E-state index contributed by atoms with van der Waals surface area (Å²) in [5.74, 6) is 0. The Kier molecular flexibility index (Phi) is 8.84. The van der Waals surface area contributed by atoms with E-state index in [2.05, 4.69) is 69.3 Å². The van der Waals surface area contributed by atoms with Crippen molar-refractivity contribution in [1.29, 1.82) is 0 Å². The Morgan fingerprint density at radius 1 is 1.04 bits per heavy atom. The minimum absolute atomic E-state index is 0.826. The molecule has 0 amide bonds. The summed E-state index contributed by atoms with van der Waals surface area (Å²) in [5, 5.41) is 2.81. The molecule has 0 atom stereocenters. The van der Waals surface area contributed by atoms with Gasteiger partial charge < -0.3 is 0 Å². The van der Waals surface area contributed by atoms with Crippen molar-refractivity contribution in [1.82, 2.24) is 0 Å². The summed E-state index contributed by atoms with van der Waals surface area (Å²) in [4.78, 5) is 0. The molecule has 3 aromatic carbocycles. The summed E-state index contributed by atoms with van der Waals surface area (Å²) < 4.78 is 0. The van der Waals surface area contributed by atoms with Crippen molar-refractivity contribution >= 4 is 27.8 Å². The molecule has 0 saturated heterocycles. The van der Waals surface area contributed by atoms with Gasteiger partial charge in [-0.25, -0.2) is 0 Å². The quantitative estimate of drug-likeness (QED) is 0.347. The van der Waals surface area contributed by atoms with Crippen LogP contribution in [0, 0.1) is 6.92 Å². The van der Waals surface area contributed by atoms with Gasteiger partial charge in [0.2, 0.25) is 0 Å². The predicted octanol–water partition coefficient (Wildman–Crippen LogP) is 7.82. The van der Waals surface area contributed by atoms with E-state index in [4.69, 9.17) is 17.0 Å². The number of unbranched alkanes of at least 4 members (excludes halogenated alkanes) is 1. The third kappa shape index (κ3) is 5.25. The van der Waals surface area contributed by atoms with Crippen LogP contribution in [0.1, 0.15) is 43.4 Å². The average molecular weight is 452 g/mol. The SMILES string of the molecule is CCCCc1cc2c(-c3ccccc3CC)c(C)ccc2[cH-]1.[Cl][Zr][Cl]. The molecule has 0 N–H and O–H groups in total. The number of halogens is 2. The molecule has 0 bridgehead atoms. The first kappa shape index (κ1) is 20.8. The molecule has 0 spiro atoms. The molecule has 0 fully saturated rings. The van der Waals surface area contributed by atoms with Crippen LogP contribution in [0.5, 0.6) is 0 Å². The number of hydrogen-bond donors (Lipinski definition) is 0. The van der Waals surface area contributed by atoms with Gasteiger partial charge in [-0.15, -0.1) is 34.5 Å². The van der Waals surface area contributed by atoms with Crippen molar-refractivity contribution in [2.24, 2.45) is 0 Å². The summed E-state index contributed by atoms with van der Waals surface area (Å²) in [6.45, 7) is 6.74. The summed E-state index contributed by atoms with van der Waals surface area (Å²) in [7, 11) is 9.87. The molecule has 0 aliphatic rings. The van der Waals surface area contributed by atoms with E-state index >= 15 is 0 Å². The Labute approximate surface area is 170 Å². The van der Waals surface area contributed by atoms with Crippen molar-refractivity contribution in [2.75, 3.05) is 0 Å². The standard InChI is InChI=1S/C22H25.2ClH.Zr/c1-4-6-9-17-14-19-13-12-16(3)22(21(19)15-17)20-11-8-7-10-18(20)5-2;;;/h7-8,10-15H,4-6,9H2,1-3H3;2*1H;/q-1;;;+2/p-2. The first-order chi connectivity index (χ1) is 12.2. The Morgan fingerprint density at radius 3 is 2.44 bits per heavy atom. The van der Waals surface area contributed by atoms with E-state index in [1.807, 2.05) is 0 Å². The summed E-state index contributed by atoms with van der Waals surface area (Å²) in [5.41, 5.74) is 7.13. The number of fused-ring (bicyclic) bond motifs is 1. The van der Waals surface area contributed by atoms with E-state index in [-0.39, 0.29) is 0 Å². The second-order valence-corrected chi connectivity index (χ2v) is 10.0. The number of rotatable bonds is 5. The van der Waals surface area contributed by atoms with Crippen molar-refractivity contribution < 1.29 is 20.8 Å². The second kappa shape index (κ2) is 10.6. The summed E-state index contributed by atoms with van der Waals surface area (Å²) >= 11 is -0.826. The van der Waals surface area contributed by atoms with Gasteiger partial charge >= 0.3 is 37.9 Å². The fourth-order valence-corrected chi connectivity index (χ4v) is 3.41. The van der Waals surface area contributed by atoms with Crippen LogP contribution in [-0.4, -0.2) is 0 Å². The molecule has 0 nitrogen and oxygen atoms in total. The normalized spacial score (nSPS) is 10.4. The Morgan fingerprint density at radius 2 is 1.76 bits per heavy atom. The minimum atomic E-state index is -0.826. The molecule has 0 radical (unpaired) electrons. The zero-order chi connectivity index (χ0) is 18.2. The maximum absolute atomic E-state index is 4.93. The molecule has 0 aliphatic carbocycles.